The molecule has 100 valence electrons. The zero-order valence-corrected chi connectivity index (χ0v) is 10.9. The van der Waals surface area contributed by atoms with Gasteiger partial charge >= 0.3 is 6.01 Å². The van der Waals surface area contributed by atoms with E-state index in [9.17, 15) is 5.11 Å². The van der Waals surface area contributed by atoms with Crippen LogP contribution in [0.1, 0.15) is 19.8 Å². The van der Waals surface area contributed by atoms with Gasteiger partial charge in [-0.15, -0.1) is 0 Å². The minimum absolute atomic E-state index is 0.371. The van der Waals surface area contributed by atoms with Crippen LogP contribution in [0.3, 0.4) is 0 Å². The zero-order chi connectivity index (χ0) is 13.2. The summed E-state index contributed by atoms with van der Waals surface area (Å²) in [5, 5.41) is 11.0. The first-order chi connectivity index (χ1) is 9.29. The molecule has 1 aromatic heterocycles. The Balaban J connectivity index is 2.14. The van der Waals surface area contributed by atoms with Crippen LogP contribution < -0.4 is 9.64 Å². The van der Waals surface area contributed by atoms with Gasteiger partial charge in [0, 0.05) is 11.9 Å². The van der Waals surface area contributed by atoms with E-state index >= 15 is 0 Å². The van der Waals surface area contributed by atoms with E-state index in [2.05, 4.69) is 9.97 Å². The average molecular weight is 259 g/mol. The fraction of sp³-hybridized carbons (Fsp3) is 0.429. The number of anilines is 1. The van der Waals surface area contributed by atoms with Crippen molar-refractivity contribution in [3.63, 3.8) is 0 Å². The third kappa shape index (κ3) is 2.21. The Kier molecular flexibility index (Phi) is 3.21. The van der Waals surface area contributed by atoms with Gasteiger partial charge in [-0.05, 0) is 31.9 Å². The fourth-order valence-corrected chi connectivity index (χ4v) is 2.45. The summed E-state index contributed by atoms with van der Waals surface area (Å²) < 4.78 is 5.42. The maximum Gasteiger partial charge on any atom is 0.318 e. The number of para-hydroxylation sites is 1. The average Bonchev–Trinajstić information content (AvgIpc) is 2.84. The highest BCUT2D eigenvalue weighted by atomic mass is 16.5. The second kappa shape index (κ2) is 5.01. The molecule has 3 rings (SSSR count). The van der Waals surface area contributed by atoms with Gasteiger partial charge in [0.1, 0.15) is 12.0 Å². The van der Waals surface area contributed by atoms with Crippen LogP contribution in [0, 0.1) is 0 Å². The first-order valence-electron chi connectivity index (χ1n) is 6.64. The van der Waals surface area contributed by atoms with Crippen LogP contribution in [0.4, 0.5) is 5.82 Å². The Hall–Kier alpha value is -1.88. The van der Waals surface area contributed by atoms with Gasteiger partial charge in [0.2, 0.25) is 0 Å². The Bertz CT molecular complexity index is 588. The number of aliphatic hydroxyl groups is 1. The van der Waals surface area contributed by atoms with Gasteiger partial charge in [0.15, 0.2) is 0 Å². The minimum Gasteiger partial charge on any atom is -0.464 e. The van der Waals surface area contributed by atoms with Gasteiger partial charge < -0.3 is 14.7 Å². The first-order valence-corrected chi connectivity index (χ1v) is 6.64. The van der Waals surface area contributed by atoms with Gasteiger partial charge in [-0.1, -0.05) is 12.1 Å². The van der Waals surface area contributed by atoms with E-state index in [1.54, 1.807) is 0 Å². The molecular formula is C14H17N3O2. The van der Waals surface area contributed by atoms with Crippen LogP contribution in [0.5, 0.6) is 6.01 Å². The van der Waals surface area contributed by atoms with Crippen molar-refractivity contribution in [3.05, 3.63) is 24.3 Å². The number of hydrogen-bond donors (Lipinski definition) is 1. The molecule has 2 heterocycles. The van der Waals surface area contributed by atoms with E-state index in [4.69, 9.17) is 4.74 Å². The molecule has 1 fully saturated rings. The van der Waals surface area contributed by atoms with Crippen LogP contribution in [0.2, 0.25) is 0 Å². The third-order valence-electron chi connectivity index (χ3n) is 3.33. The molecule has 0 saturated carbocycles. The molecule has 0 radical (unpaired) electrons. The number of fused-ring (bicyclic) bond motifs is 1. The lowest BCUT2D eigenvalue weighted by atomic mass is 10.2. The van der Waals surface area contributed by atoms with Crippen LogP contribution in [-0.4, -0.2) is 34.5 Å². The molecule has 1 saturated heterocycles. The summed E-state index contributed by atoms with van der Waals surface area (Å²) in [5.41, 5.74) is 0.843. The lowest BCUT2D eigenvalue weighted by molar-refractivity contribution is 0.185. The highest BCUT2D eigenvalue weighted by Gasteiger charge is 2.25. The van der Waals surface area contributed by atoms with Crippen molar-refractivity contribution in [2.24, 2.45) is 0 Å². The number of ether oxygens (including phenoxy) is 1. The summed E-state index contributed by atoms with van der Waals surface area (Å²) in [6.07, 6.45) is 1.29. The quantitative estimate of drug-likeness (QED) is 0.913. The van der Waals surface area contributed by atoms with E-state index in [0.29, 0.717) is 12.6 Å². The molecule has 1 aliphatic heterocycles. The molecular weight excluding hydrogens is 242 g/mol. The molecule has 1 N–H and O–H groups in total. The van der Waals surface area contributed by atoms with Crippen molar-refractivity contribution < 1.29 is 9.84 Å². The first kappa shape index (κ1) is 12.2. The number of aromatic nitrogens is 2. The monoisotopic (exact) mass is 259 g/mol. The van der Waals surface area contributed by atoms with Gasteiger partial charge in [-0.25, -0.2) is 0 Å². The van der Waals surface area contributed by atoms with Crippen LogP contribution in [0.25, 0.3) is 10.9 Å². The van der Waals surface area contributed by atoms with E-state index in [0.717, 1.165) is 36.1 Å². The Morgan fingerprint density at radius 1 is 1.37 bits per heavy atom. The molecule has 1 aliphatic rings. The second-order valence-electron chi connectivity index (χ2n) is 4.60. The number of nitrogens with zero attached hydrogens (tertiary/aromatic N) is 3. The molecule has 1 atom stereocenters. The molecule has 19 heavy (non-hydrogen) atoms. The second-order valence-corrected chi connectivity index (χ2v) is 4.60. The fourth-order valence-electron chi connectivity index (χ4n) is 2.45. The van der Waals surface area contributed by atoms with Crippen LogP contribution in [0.15, 0.2) is 24.3 Å². The van der Waals surface area contributed by atoms with Crippen molar-refractivity contribution >= 4 is 16.7 Å². The Labute approximate surface area is 111 Å². The summed E-state index contributed by atoms with van der Waals surface area (Å²) in [6.45, 7) is 3.25. The Morgan fingerprint density at radius 2 is 2.21 bits per heavy atom. The van der Waals surface area contributed by atoms with Gasteiger partial charge in [0.05, 0.1) is 12.1 Å². The molecule has 1 unspecified atom stereocenters. The maximum absolute atomic E-state index is 10.0. The minimum atomic E-state index is -0.465. The number of hydrogen-bond acceptors (Lipinski definition) is 5. The van der Waals surface area contributed by atoms with Crippen molar-refractivity contribution in [2.45, 2.75) is 26.0 Å². The third-order valence-corrected chi connectivity index (χ3v) is 3.33. The molecule has 2 aromatic rings. The van der Waals surface area contributed by atoms with E-state index in [1.807, 2.05) is 36.1 Å². The summed E-state index contributed by atoms with van der Waals surface area (Å²) in [4.78, 5) is 10.8. The van der Waals surface area contributed by atoms with Crippen LogP contribution >= 0.6 is 0 Å². The van der Waals surface area contributed by atoms with Crippen LogP contribution in [-0.2, 0) is 0 Å². The molecule has 1 aromatic carbocycles. The SMILES string of the molecule is CCOc1nc(N2CCCC2O)c2ccccc2n1. The van der Waals surface area contributed by atoms with Crippen molar-refractivity contribution in [1.82, 2.24) is 9.97 Å². The summed E-state index contributed by atoms with van der Waals surface area (Å²) in [6, 6.07) is 8.18. The lowest BCUT2D eigenvalue weighted by Gasteiger charge is -2.23. The van der Waals surface area contributed by atoms with Crippen molar-refractivity contribution in [2.75, 3.05) is 18.1 Å². The van der Waals surface area contributed by atoms with Gasteiger partial charge in [0.25, 0.3) is 0 Å². The predicted molar refractivity (Wildman–Crippen MR) is 73.3 cm³/mol. The molecule has 5 nitrogen and oxygen atoms in total. The predicted octanol–water partition coefficient (Wildman–Crippen LogP) is 1.95. The topological polar surface area (TPSA) is 58.5 Å². The smallest absolute Gasteiger partial charge is 0.318 e. The maximum atomic E-state index is 10.0. The molecule has 0 amide bonds. The summed E-state index contributed by atoms with van der Waals surface area (Å²) in [7, 11) is 0. The summed E-state index contributed by atoms with van der Waals surface area (Å²) in [5.74, 6) is 0.763. The largest absolute Gasteiger partial charge is 0.464 e. The van der Waals surface area contributed by atoms with E-state index < -0.39 is 6.23 Å². The Morgan fingerprint density at radius 3 is 2.95 bits per heavy atom. The normalized spacial score (nSPS) is 19.1. The number of benzene rings is 1. The van der Waals surface area contributed by atoms with Crippen molar-refractivity contribution in [3.8, 4) is 6.01 Å². The highest BCUT2D eigenvalue weighted by Crippen LogP contribution is 2.30. The molecule has 0 bridgehead atoms. The number of rotatable bonds is 3. The van der Waals surface area contributed by atoms with Gasteiger partial charge in [-0.2, -0.15) is 9.97 Å². The highest BCUT2D eigenvalue weighted by molar-refractivity contribution is 5.90. The van der Waals surface area contributed by atoms with E-state index in [1.165, 1.54) is 0 Å². The summed E-state index contributed by atoms with van der Waals surface area (Å²) >= 11 is 0. The standard InChI is InChI=1S/C14H17N3O2/c1-2-19-14-15-11-7-4-3-6-10(11)13(16-14)17-9-5-8-12(17)18/h3-4,6-7,12,18H,2,5,8-9H2,1H3. The lowest BCUT2D eigenvalue weighted by Crippen LogP contribution is -2.29. The molecule has 0 spiro atoms. The van der Waals surface area contributed by atoms with E-state index in [-0.39, 0.29) is 0 Å². The molecule has 0 aliphatic carbocycles. The molecule has 5 heteroatoms. The van der Waals surface area contributed by atoms with Gasteiger partial charge in [-0.3, -0.25) is 0 Å². The van der Waals surface area contributed by atoms with Crippen molar-refractivity contribution in [1.29, 1.82) is 0 Å². The number of aliphatic hydroxyl groups excluding tert-OH is 1. The zero-order valence-electron chi connectivity index (χ0n) is 10.9.